The second kappa shape index (κ2) is 6.21. The van der Waals surface area contributed by atoms with Crippen LogP contribution in [-0.2, 0) is 19.4 Å². The number of ether oxygens (including phenoxy) is 1. The third-order valence-electron chi connectivity index (χ3n) is 3.03. The number of benzene rings is 1. The summed E-state index contributed by atoms with van der Waals surface area (Å²) >= 11 is 0. The van der Waals surface area contributed by atoms with E-state index in [1.807, 2.05) is 0 Å². The summed E-state index contributed by atoms with van der Waals surface area (Å²) in [7, 11) is -3.09. The fourth-order valence-electron chi connectivity index (χ4n) is 2.01. The van der Waals surface area contributed by atoms with Gasteiger partial charge < -0.3 is 10.1 Å². The van der Waals surface area contributed by atoms with Crippen LogP contribution in [0.3, 0.4) is 0 Å². The molecule has 1 aliphatic rings. The van der Waals surface area contributed by atoms with Gasteiger partial charge in [-0.3, -0.25) is 4.79 Å². The number of halogens is 1. The van der Waals surface area contributed by atoms with Gasteiger partial charge in [-0.1, -0.05) is 12.1 Å². The number of rotatable bonds is 4. The lowest BCUT2D eigenvalue weighted by atomic mass is 10.2. The van der Waals surface area contributed by atoms with Crippen molar-refractivity contribution in [2.24, 2.45) is 0 Å². The zero-order valence-electron chi connectivity index (χ0n) is 11.0. The number of sulfone groups is 1. The topological polar surface area (TPSA) is 89.5 Å². The van der Waals surface area contributed by atoms with Crippen LogP contribution in [0.4, 0.5) is 4.39 Å². The van der Waals surface area contributed by atoms with Crippen molar-refractivity contribution in [3.63, 3.8) is 0 Å². The maximum atomic E-state index is 13.3. The van der Waals surface area contributed by atoms with Gasteiger partial charge in [0.1, 0.15) is 5.82 Å². The van der Waals surface area contributed by atoms with Crippen LogP contribution in [0, 0.1) is 5.82 Å². The van der Waals surface area contributed by atoms with Crippen molar-refractivity contribution in [1.29, 1.82) is 0 Å². The first-order valence-electron chi connectivity index (χ1n) is 6.29. The van der Waals surface area contributed by atoms with Crippen molar-refractivity contribution in [1.82, 2.24) is 5.32 Å². The Kier molecular flexibility index (Phi) is 4.56. The lowest BCUT2D eigenvalue weighted by Crippen LogP contribution is -2.38. The zero-order chi connectivity index (χ0) is 15.5. The molecule has 0 saturated carbocycles. The van der Waals surface area contributed by atoms with Crippen LogP contribution in [0.15, 0.2) is 24.3 Å². The Bertz CT molecular complexity index is 658. The Morgan fingerprint density at radius 2 is 2.05 bits per heavy atom. The summed E-state index contributed by atoms with van der Waals surface area (Å²) in [5.41, 5.74) is -0.256. The number of carbonyl (C=O) groups excluding carboxylic acids is 2. The van der Waals surface area contributed by atoms with Gasteiger partial charge in [0.05, 0.1) is 17.1 Å². The molecular weight excluding hydrogens is 301 g/mol. The molecule has 1 fully saturated rings. The number of nitrogens with one attached hydrogen (secondary N) is 1. The monoisotopic (exact) mass is 315 g/mol. The summed E-state index contributed by atoms with van der Waals surface area (Å²) in [5, 5.41) is 2.47. The van der Waals surface area contributed by atoms with Crippen LogP contribution < -0.4 is 5.32 Å². The molecule has 1 aromatic carbocycles. The molecule has 8 heteroatoms. The van der Waals surface area contributed by atoms with Gasteiger partial charge in [0.15, 0.2) is 16.4 Å². The van der Waals surface area contributed by atoms with Gasteiger partial charge in [0.2, 0.25) is 0 Å². The number of hydrogen-bond donors (Lipinski definition) is 1. The molecule has 6 nitrogen and oxygen atoms in total. The Labute approximate surface area is 121 Å². The first-order chi connectivity index (χ1) is 9.87. The summed E-state index contributed by atoms with van der Waals surface area (Å²) in [6, 6.07) is 4.80. The van der Waals surface area contributed by atoms with E-state index in [4.69, 9.17) is 4.74 Å². The molecule has 0 unspecified atom stereocenters. The first-order valence-corrected chi connectivity index (χ1v) is 8.11. The molecule has 1 heterocycles. The van der Waals surface area contributed by atoms with E-state index in [-0.39, 0.29) is 17.1 Å². The molecule has 1 aliphatic heterocycles. The van der Waals surface area contributed by atoms with Gasteiger partial charge in [-0.15, -0.1) is 0 Å². The van der Waals surface area contributed by atoms with Crippen molar-refractivity contribution in [3.8, 4) is 0 Å². The SMILES string of the molecule is O=C(COC(=O)c1ccccc1F)N[C@H]1CCS(=O)(=O)C1. The number of hydrogen-bond acceptors (Lipinski definition) is 5. The molecule has 0 aliphatic carbocycles. The van der Waals surface area contributed by atoms with Crippen LogP contribution in [0.25, 0.3) is 0 Å². The lowest BCUT2D eigenvalue weighted by molar-refractivity contribution is -0.124. The fraction of sp³-hybridized carbons (Fsp3) is 0.385. The summed E-state index contributed by atoms with van der Waals surface area (Å²) in [6.07, 6.45) is 0.343. The van der Waals surface area contributed by atoms with E-state index in [2.05, 4.69) is 5.32 Å². The molecule has 0 spiro atoms. The highest BCUT2D eigenvalue weighted by Crippen LogP contribution is 2.11. The fourth-order valence-corrected chi connectivity index (χ4v) is 3.69. The molecular formula is C13H14FNO5S. The predicted molar refractivity (Wildman–Crippen MR) is 71.9 cm³/mol. The van der Waals surface area contributed by atoms with Gasteiger partial charge in [-0.2, -0.15) is 0 Å². The minimum Gasteiger partial charge on any atom is -0.452 e. The van der Waals surface area contributed by atoms with E-state index in [1.165, 1.54) is 18.2 Å². The van der Waals surface area contributed by atoms with E-state index in [9.17, 15) is 22.4 Å². The average molecular weight is 315 g/mol. The van der Waals surface area contributed by atoms with Gasteiger partial charge in [-0.25, -0.2) is 17.6 Å². The second-order valence-corrected chi connectivity index (χ2v) is 6.95. The predicted octanol–water partition coefficient (Wildman–Crippen LogP) is 0.286. The van der Waals surface area contributed by atoms with Crippen molar-refractivity contribution in [2.45, 2.75) is 12.5 Å². The highest BCUT2D eigenvalue weighted by atomic mass is 32.2. The minimum atomic E-state index is -3.09. The largest absolute Gasteiger partial charge is 0.452 e. The van der Waals surface area contributed by atoms with Crippen molar-refractivity contribution < 1.29 is 27.1 Å². The standard InChI is InChI=1S/C13H14FNO5S/c14-11-4-2-1-3-10(11)13(17)20-7-12(16)15-9-5-6-21(18,19)8-9/h1-4,9H,5-8H2,(H,15,16)/t9-/m0/s1. The van der Waals surface area contributed by atoms with Gasteiger partial charge in [-0.05, 0) is 18.6 Å². The van der Waals surface area contributed by atoms with E-state index in [0.29, 0.717) is 6.42 Å². The number of amides is 1. The van der Waals surface area contributed by atoms with Gasteiger partial charge >= 0.3 is 5.97 Å². The molecule has 1 atom stereocenters. The van der Waals surface area contributed by atoms with Crippen LogP contribution in [0.5, 0.6) is 0 Å². The number of carbonyl (C=O) groups is 2. The number of esters is 1. The second-order valence-electron chi connectivity index (χ2n) is 4.72. The Balaban J connectivity index is 1.82. The average Bonchev–Trinajstić information content (AvgIpc) is 2.75. The molecule has 1 N–H and O–H groups in total. The Hall–Kier alpha value is -1.96. The van der Waals surface area contributed by atoms with E-state index in [0.717, 1.165) is 6.07 Å². The van der Waals surface area contributed by atoms with E-state index in [1.54, 1.807) is 0 Å². The van der Waals surface area contributed by atoms with Gasteiger partial charge in [0, 0.05) is 6.04 Å². The summed E-state index contributed by atoms with van der Waals surface area (Å²) in [4.78, 5) is 23.1. The van der Waals surface area contributed by atoms with Crippen molar-refractivity contribution >= 4 is 21.7 Å². The molecule has 1 aromatic rings. The summed E-state index contributed by atoms with van der Waals surface area (Å²) in [6.45, 7) is -0.580. The maximum Gasteiger partial charge on any atom is 0.341 e. The van der Waals surface area contributed by atoms with Crippen LogP contribution in [-0.4, -0.2) is 44.4 Å². The minimum absolute atomic E-state index is 0.0347. The third kappa shape index (κ3) is 4.25. The van der Waals surface area contributed by atoms with E-state index >= 15 is 0 Å². The zero-order valence-corrected chi connectivity index (χ0v) is 11.9. The lowest BCUT2D eigenvalue weighted by Gasteiger charge is -2.11. The van der Waals surface area contributed by atoms with Crippen molar-refractivity contribution in [2.75, 3.05) is 18.1 Å². The first kappa shape index (κ1) is 15.4. The molecule has 0 radical (unpaired) electrons. The Morgan fingerprint density at radius 1 is 1.33 bits per heavy atom. The molecule has 1 saturated heterocycles. The van der Waals surface area contributed by atoms with Crippen LogP contribution in [0.2, 0.25) is 0 Å². The molecule has 0 aromatic heterocycles. The molecule has 21 heavy (non-hydrogen) atoms. The van der Waals surface area contributed by atoms with E-state index < -0.39 is 40.2 Å². The Morgan fingerprint density at radius 3 is 2.67 bits per heavy atom. The van der Waals surface area contributed by atoms with Crippen LogP contribution in [0.1, 0.15) is 16.8 Å². The molecule has 114 valence electrons. The summed E-state index contributed by atoms with van der Waals surface area (Å²) in [5.74, 6) is -2.36. The summed E-state index contributed by atoms with van der Waals surface area (Å²) < 4.78 is 40.5. The van der Waals surface area contributed by atoms with Crippen LogP contribution >= 0.6 is 0 Å². The quantitative estimate of drug-likeness (QED) is 0.807. The highest BCUT2D eigenvalue weighted by molar-refractivity contribution is 7.91. The molecule has 1 amide bonds. The molecule has 2 rings (SSSR count). The normalized spacial score (nSPS) is 20.0. The highest BCUT2D eigenvalue weighted by Gasteiger charge is 2.29. The third-order valence-corrected chi connectivity index (χ3v) is 4.79. The molecule has 0 bridgehead atoms. The maximum absolute atomic E-state index is 13.3. The smallest absolute Gasteiger partial charge is 0.341 e. The van der Waals surface area contributed by atoms with Crippen molar-refractivity contribution in [3.05, 3.63) is 35.6 Å². The van der Waals surface area contributed by atoms with Gasteiger partial charge in [0.25, 0.3) is 5.91 Å².